The zero-order valence-electron chi connectivity index (χ0n) is 21.2. The van der Waals surface area contributed by atoms with Gasteiger partial charge < -0.3 is 29.4 Å². The molecule has 0 saturated carbocycles. The first-order valence-corrected chi connectivity index (χ1v) is 12.1. The number of carbonyl (C=O) groups excluding carboxylic acids is 4. The van der Waals surface area contributed by atoms with E-state index in [-0.39, 0.29) is 17.5 Å². The van der Waals surface area contributed by atoms with E-state index in [2.05, 4.69) is 15.3 Å². The quantitative estimate of drug-likeness (QED) is 0.382. The van der Waals surface area contributed by atoms with Crippen molar-refractivity contribution in [1.29, 1.82) is 0 Å². The fourth-order valence-corrected chi connectivity index (χ4v) is 3.85. The van der Waals surface area contributed by atoms with Gasteiger partial charge in [0.25, 0.3) is 11.8 Å². The normalized spacial score (nSPS) is 21.8. The van der Waals surface area contributed by atoms with Gasteiger partial charge >= 0.3 is 17.9 Å². The Bertz CT molecular complexity index is 1190. The topological polar surface area (TPSA) is 163 Å². The molecule has 38 heavy (non-hydrogen) atoms. The van der Waals surface area contributed by atoms with Gasteiger partial charge in [-0.2, -0.15) is 4.98 Å². The maximum absolute atomic E-state index is 13.2. The first-order chi connectivity index (χ1) is 18.0. The van der Waals surface area contributed by atoms with Crippen molar-refractivity contribution in [2.24, 2.45) is 11.8 Å². The monoisotopic (exact) mass is 549 g/mol. The van der Waals surface area contributed by atoms with Gasteiger partial charge in [0.1, 0.15) is 18.6 Å². The first kappa shape index (κ1) is 28.6. The minimum Gasteiger partial charge on any atom is -0.492 e. The maximum atomic E-state index is 13.2. The number of nitrogens with one attached hydrogen (secondary N) is 1. The third kappa shape index (κ3) is 6.88. The number of esters is 3. The number of methoxy groups -OCH3 is 1. The third-order valence-corrected chi connectivity index (χ3v) is 5.93. The van der Waals surface area contributed by atoms with Crippen molar-refractivity contribution in [2.75, 3.05) is 13.7 Å². The van der Waals surface area contributed by atoms with E-state index in [1.54, 1.807) is 38.1 Å². The molecule has 1 unspecified atom stereocenters. The number of nitrogens with zero attached hydrogens (tertiary/aromatic N) is 2. The number of benzene rings is 1. The van der Waals surface area contributed by atoms with Crippen LogP contribution in [-0.4, -0.2) is 70.9 Å². The van der Waals surface area contributed by atoms with Crippen molar-refractivity contribution in [3.63, 3.8) is 0 Å². The van der Waals surface area contributed by atoms with Gasteiger partial charge in [0, 0.05) is 0 Å². The van der Waals surface area contributed by atoms with Crippen LogP contribution in [0.3, 0.4) is 0 Å². The van der Waals surface area contributed by atoms with Crippen LogP contribution >= 0.6 is 11.6 Å². The number of cyclic esters (lactones) is 2. The zero-order valence-corrected chi connectivity index (χ0v) is 21.9. The average Bonchev–Trinajstić information content (AvgIpc) is 2.92. The minimum absolute atomic E-state index is 0.141. The van der Waals surface area contributed by atoms with Crippen molar-refractivity contribution in [3.8, 4) is 11.8 Å². The summed E-state index contributed by atoms with van der Waals surface area (Å²) in [6.07, 6.45) is -2.10. The molecule has 2 aromatic rings. The van der Waals surface area contributed by atoms with Crippen molar-refractivity contribution in [1.82, 2.24) is 15.3 Å². The SMILES string of the molecule is COc1nc(O)c(C(=O)NC2COC(=O)[C@H](Cc3ccccc3)[C@@H](OC(=O)C(C)C)[C@H](C)OC2=O)nc1Cl. The van der Waals surface area contributed by atoms with Gasteiger partial charge in [0.15, 0.2) is 23.0 Å². The van der Waals surface area contributed by atoms with Crippen molar-refractivity contribution in [2.45, 2.75) is 45.4 Å². The van der Waals surface area contributed by atoms with Crippen molar-refractivity contribution >= 4 is 35.4 Å². The second kappa shape index (κ2) is 12.5. The van der Waals surface area contributed by atoms with E-state index in [0.717, 1.165) is 5.56 Å². The van der Waals surface area contributed by atoms with E-state index in [1.165, 1.54) is 14.0 Å². The van der Waals surface area contributed by atoms with Crippen molar-refractivity contribution < 1.29 is 43.2 Å². The zero-order chi connectivity index (χ0) is 28.0. The maximum Gasteiger partial charge on any atom is 0.332 e. The minimum atomic E-state index is -1.48. The van der Waals surface area contributed by atoms with Gasteiger partial charge in [-0.05, 0) is 18.9 Å². The number of amides is 1. The lowest BCUT2D eigenvalue weighted by Crippen LogP contribution is -2.47. The summed E-state index contributed by atoms with van der Waals surface area (Å²) in [6.45, 7) is 4.15. The lowest BCUT2D eigenvalue weighted by atomic mass is 9.91. The smallest absolute Gasteiger partial charge is 0.332 e. The molecular formula is C25H28ClN3O9. The highest BCUT2D eigenvalue weighted by atomic mass is 35.5. The van der Waals surface area contributed by atoms with Crippen LogP contribution < -0.4 is 10.1 Å². The Labute approximate surface area is 223 Å². The van der Waals surface area contributed by atoms with E-state index in [9.17, 15) is 24.3 Å². The molecule has 2 heterocycles. The summed E-state index contributed by atoms with van der Waals surface area (Å²) >= 11 is 5.89. The summed E-state index contributed by atoms with van der Waals surface area (Å²) in [6, 6.07) is 7.53. The predicted octanol–water partition coefficient (Wildman–Crippen LogP) is 1.86. The number of hydrogen-bond acceptors (Lipinski definition) is 11. The van der Waals surface area contributed by atoms with Gasteiger partial charge in [0.2, 0.25) is 5.88 Å². The van der Waals surface area contributed by atoms with E-state index in [4.69, 9.17) is 30.5 Å². The molecule has 4 atom stereocenters. The van der Waals surface area contributed by atoms with Gasteiger partial charge in [-0.3, -0.25) is 14.4 Å². The lowest BCUT2D eigenvalue weighted by Gasteiger charge is -2.29. The Morgan fingerprint density at radius 3 is 2.50 bits per heavy atom. The van der Waals surface area contributed by atoms with Crippen LogP contribution in [0, 0.1) is 11.8 Å². The van der Waals surface area contributed by atoms with Crippen LogP contribution in [0.25, 0.3) is 0 Å². The molecule has 13 heteroatoms. The molecule has 1 aromatic carbocycles. The summed E-state index contributed by atoms with van der Waals surface area (Å²) in [5.74, 6) is -5.85. The van der Waals surface area contributed by atoms with Crippen LogP contribution in [0.2, 0.25) is 5.15 Å². The van der Waals surface area contributed by atoms with Gasteiger partial charge in [-0.15, -0.1) is 0 Å². The van der Waals surface area contributed by atoms with E-state index < -0.39 is 72.1 Å². The van der Waals surface area contributed by atoms with E-state index in [0.29, 0.717) is 0 Å². The molecule has 0 aliphatic carbocycles. The molecule has 1 amide bonds. The van der Waals surface area contributed by atoms with E-state index >= 15 is 0 Å². The second-order valence-electron chi connectivity index (χ2n) is 8.85. The molecular weight excluding hydrogens is 522 g/mol. The van der Waals surface area contributed by atoms with Gasteiger partial charge in [-0.1, -0.05) is 55.8 Å². The molecule has 1 aliphatic heterocycles. The Kier molecular flexibility index (Phi) is 9.45. The van der Waals surface area contributed by atoms with Crippen LogP contribution in [0.4, 0.5) is 0 Å². The number of aromatic hydroxyl groups is 1. The van der Waals surface area contributed by atoms with Gasteiger partial charge in [-0.25, -0.2) is 9.78 Å². The first-order valence-electron chi connectivity index (χ1n) is 11.7. The Hall–Kier alpha value is -3.93. The summed E-state index contributed by atoms with van der Waals surface area (Å²) in [4.78, 5) is 58.8. The Morgan fingerprint density at radius 2 is 1.87 bits per heavy atom. The highest BCUT2D eigenvalue weighted by Crippen LogP contribution is 2.26. The number of ether oxygens (including phenoxy) is 4. The Morgan fingerprint density at radius 1 is 1.18 bits per heavy atom. The second-order valence-corrected chi connectivity index (χ2v) is 9.20. The summed E-state index contributed by atoms with van der Waals surface area (Å²) in [5.41, 5.74) is 0.182. The van der Waals surface area contributed by atoms with Crippen molar-refractivity contribution in [3.05, 3.63) is 46.7 Å². The average molecular weight is 550 g/mol. The molecule has 1 aromatic heterocycles. The number of aromatic nitrogens is 2. The number of hydrogen-bond donors (Lipinski definition) is 2. The van der Waals surface area contributed by atoms with E-state index in [1.807, 2.05) is 6.07 Å². The molecule has 1 saturated heterocycles. The standard InChI is InChI=1S/C25H28ClN3O9/c1-12(2)23(32)38-18-13(3)37-25(34)16(11-36-24(33)15(18)10-14-8-6-5-7-9-14)27-20(30)17-21(31)29-22(35-4)19(26)28-17/h5-9,12-13,15-16,18H,10-11H2,1-4H3,(H,27,30)(H,29,31)/t13-,15+,16?,18-/m0/s1. The summed E-state index contributed by atoms with van der Waals surface area (Å²) in [7, 11) is 1.24. The molecule has 0 bridgehead atoms. The molecule has 0 radical (unpaired) electrons. The fraction of sp³-hybridized carbons (Fsp3) is 0.440. The molecule has 1 fully saturated rings. The van der Waals surface area contributed by atoms with Crippen LogP contribution in [0.5, 0.6) is 11.8 Å². The molecule has 12 nitrogen and oxygen atoms in total. The highest BCUT2D eigenvalue weighted by Gasteiger charge is 2.42. The third-order valence-electron chi connectivity index (χ3n) is 5.68. The molecule has 204 valence electrons. The number of rotatable bonds is 7. The fourth-order valence-electron chi connectivity index (χ4n) is 3.65. The molecule has 2 N–H and O–H groups in total. The lowest BCUT2D eigenvalue weighted by molar-refractivity contribution is -0.176. The van der Waals surface area contributed by atoms with Crippen LogP contribution in [0.15, 0.2) is 30.3 Å². The van der Waals surface area contributed by atoms with Crippen LogP contribution in [0.1, 0.15) is 36.8 Å². The largest absolute Gasteiger partial charge is 0.492 e. The highest BCUT2D eigenvalue weighted by molar-refractivity contribution is 6.30. The summed E-state index contributed by atoms with van der Waals surface area (Å²) in [5, 5.41) is 12.1. The van der Waals surface area contributed by atoms with Gasteiger partial charge in [0.05, 0.1) is 13.0 Å². The molecule has 1 aliphatic rings. The molecule has 3 rings (SSSR count). The number of halogens is 1. The predicted molar refractivity (Wildman–Crippen MR) is 131 cm³/mol. The molecule has 0 spiro atoms. The number of carbonyl (C=O) groups is 4. The Balaban J connectivity index is 1.87. The summed E-state index contributed by atoms with van der Waals surface area (Å²) < 4.78 is 21.4. The van der Waals surface area contributed by atoms with Crippen LogP contribution in [-0.2, 0) is 35.0 Å².